The lowest BCUT2D eigenvalue weighted by atomic mass is 9.89. The van der Waals surface area contributed by atoms with Gasteiger partial charge in [0.15, 0.2) is 28.1 Å². The second-order valence-electron chi connectivity index (χ2n) is 28.8. The van der Waals surface area contributed by atoms with Crippen molar-refractivity contribution in [3.05, 3.63) is 134 Å². The van der Waals surface area contributed by atoms with Gasteiger partial charge in [0, 0.05) is 41.9 Å². The maximum atomic E-state index is 13.8. The highest BCUT2D eigenvalue weighted by Gasteiger charge is 2.55. The van der Waals surface area contributed by atoms with E-state index in [2.05, 4.69) is 147 Å². The third-order valence-corrected chi connectivity index (χ3v) is 26.6. The number of halogens is 9. The average molecular weight is 2300 g/mol. The number of nitrogens with zero attached hydrogens (tertiary/aromatic N) is 10. The molecule has 124 heavy (non-hydrogen) atoms. The first-order valence-electron chi connectivity index (χ1n) is 36.3. The normalized spacial score (nSPS) is 16.4. The zero-order valence-electron chi connectivity index (χ0n) is 69.0. The summed E-state index contributed by atoms with van der Waals surface area (Å²) in [4.78, 5) is 158. The standard InChI is InChI=1S/C33H37ClIN3O8S2.C26H30ClN9O7S2.C11H19N5O2.C2HF3O2.CH2BI3.CH3/c1-18-36-25(27(34)48-18)24(37-46-33(5,6)31(42)45-32(2,3)4)23(39)15-22-28(40)38-26(20(9-8-14-35)17-47-29(22)38)30(41)44-16-19-10-12-21(43-7)13-11-19;1-26(2,24(41)42)43-34-16(17-19(27)45-25(30)33-17)15(37)8-13-21(38)36-18(23(39)40)12(10-44-22(13)36)4-3-7-35-9-14(31-6-5-28)20(29)32-11-35;1-11(2,3)18-10(17)15-5-4-14-8-6-13-7-16-9(8)12;3-2(4,5)1(6)7;3-1-2(4)5;/h8-13,22,29H,14-17H2,1-7H3;3-4,9,11,13,22,29,31H,5-8,10,28H2,1-2H3,(H4,30,33,39,40,41,42);6-7,14H,4-5H2,1-3H3,(H,15,17)(H2,12,13,16);(H,6,7);1H2;1H3/q;;;;;-1/b9-8+,37-24+;4-3+,34-16+;;;;/t22-,29?;13-,22?;;;;/m11..../s1. The van der Waals surface area contributed by atoms with Crippen LogP contribution in [0.5, 0.6) is 5.75 Å². The number of aromatic nitrogens is 6. The van der Waals surface area contributed by atoms with Crippen LogP contribution in [0.25, 0.3) is 0 Å². The number of hydrogen-bond donors (Lipinski definition) is 8. The van der Waals surface area contributed by atoms with Crippen LogP contribution in [0.2, 0.25) is 8.67 Å². The molecule has 4 atom stereocenters. The number of carboxylic acid groups (broad SMARTS) is 3. The molecule has 0 radical (unpaired) electrons. The molecular formula is C74H92BCl2F3I4N17O19S4-. The Morgan fingerprint density at radius 2 is 1.26 bits per heavy atom. The molecule has 36 nitrogen and oxygen atoms in total. The Morgan fingerprint density at radius 3 is 1.73 bits per heavy atom. The number of esters is 2. The number of amides is 3. The zero-order chi connectivity index (χ0) is 92.4. The van der Waals surface area contributed by atoms with E-state index in [1.807, 2.05) is 32.9 Å². The third kappa shape index (κ3) is 33.2. The van der Waals surface area contributed by atoms with Gasteiger partial charge < -0.3 is 99.8 Å². The second kappa shape index (κ2) is 49.5. The first-order valence-corrected chi connectivity index (χ1v) is 46.4. The molecule has 9 rings (SSSR count). The molecule has 4 aromatic heterocycles. The van der Waals surface area contributed by atoms with E-state index in [0.29, 0.717) is 87.8 Å². The fourth-order valence-electron chi connectivity index (χ4n) is 10.2. The molecule has 2 unspecified atom stereocenters. The molecule has 0 saturated carbocycles. The molecule has 4 aliphatic heterocycles. The number of thioether (sulfide) groups is 2. The summed E-state index contributed by atoms with van der Waals surface area (Å²) in [6.07, 6.45) is 7.03. The number of alkyl carbamates (subject to hydrolysis) is 1. The Kier molecular flexibility index (Phi) is 43.4. The molecule has 1 aromatic carbocycles. The largest absolute Gasteiger partial charge is 0.543 e. The van der Waals surface area contributed by atoms with E-state index in [4.69, 9.17) is 78.9 Å². The first-order chi connectivity index (χ1) is 57.4. The lowest BCUT2D eigenvalue weighted by Gasteiger charge is -2.50. The molecule has 0 bridgehead atoms. The monoisotopic (exact) mass is 2300 g/mol. The van der Waals surface area contributed by atoms with Crippen LogP contribution < -0.4 is 58.4 Å². The van der Waals surface area contributed by atoms with E-state index in [-0.39, 0.29) is 68.5 Å². The van der Waals surface area contributed by atoms with Crippen LogP contribution in [0, 0.1) is 26.2 Å². The Hall–Kier alpha value is -7.75. The van der Waals surface area contributed by atoms with Crippen LogP contribution >= 0.6 is 159 Å². The van der Waals surface area contributed by atoms with Crippen LogP contribution in [-0.2, 0) is 80.2 Å². The summed E-state index contributed by atoms with van der Waals surface area (Å²) in [5, 5.41) is 46.4. The van der Waals surface area contributed by atoms with Gasteiger partial charge in [0.1, 0.15) is 85.9 Å². The molecule has 3 amide bonds. The van der Waals surface area contributed by atoms with Gasteiger partial charge in [-0.05, 0) is 120 Å². The molecule has 2 fully saturated rings. The van der Waals surface area contributed by atoms with Gasteiger partial charge in [0.05, 0.1) is 71.3 Å². The number of benzene rings is 1. The van der Waals surface area contributed by atoms with Gasteiger partial charge in [-0.25, -0.2) is 43.7 Å². The Morgan fingerprint density at radius 1 is 0.750 bits per heavy atom. The number of oxime groups is 2. The number of fused-ring (bicyclic) bond motifs is 2. The number of anilines is 5. The van der Waals surface area contributed by atoms with Crippen molar-refractivity contribution in [2.45, 2.75) is 141 Å². The number of aryl methyl sites for hydroxylation is 1. The topological polar surface area (TPSA) is 534 Å². The summed E-state index contributed by atoms with van der Waals surface area (Å²) >= 11 is 26.7. The number of carbonyl (C=O) groups is 10. The molecular weight excluding hydrogens is 2210 g/mol. The number of carboxylic acids is 3. The lowest BCUT2D eigenvalue weighted by Crippen LogP contribution is -2.63. The van der Waals surface area contributed by atoms with Crippen molar-refractivity contribution in [2.24, 2.45) is 22.1 Å². The Bertz CT molecular complexity index is 4850. The van der Waals surface area contributed by atoms with Gasteiger partial charge in [-0.3, -0.25) is 29.0 Å². The summed E-state index contributed by atoms with van der Waals surface area (Å²) in [6.45, 7) is 20.3. The van der Waals surface area contributed by atoms with E-state index >= 15 is 0 Å². The molecule has 13 N–H and O–H groups in total. The van der Waals surface area contributed by atoms with Crippen LogP contribution in [0.4, 0.5) is 46.1 Å². The number of thiazole rings is 2. The molecule has 5 aromatic rings. The average Bonchev–Trinajstić information content (AvgIpc) is 0.770. The van der Waals surface area contributed by atoms with Crippen molar-refractivity contribution in [1.82, 2.24) is 40.0 Å². The van der Waals surface area contributed by atoms with Gasteiger partial charge in [-0.15, -0.1) is 79.6 Å². The van der Waals surface area contributed by atoms with Crippen LogP contribution in [0.1, 0.15) is 104 Å². The minimum atomic E-state index is -5.19. The number of allylic oxidation sites excluding steroid dienone is 4. The number of nitrogen functional groups attached to an aromatic ring is 3. The number of β-lactam (4-membered cyclic amide) rings is 2. The summed E-state index contributed by atoms with van der Waals surface area (Å²) in [5.74, 6) is -9.07. The fraction of sp³-hybridized carbons (Fsp3) is 0.446. The number of methoxy groups -OCH3 is 1. The second-order valence-corrected chi connectivity index (χ2v) is 41.6. The van der Waals surface area contributed by atoms with Gasteiger partial charge in [0.2, 0.25) is 23.0 Å². The number of ketones is 2. The van der Waals surface area contributed by atoms with Crippen molar-refractivity contribution in [3.8, 4) is 5.75 Å². The summed E-state index contributed by atoms with van der Waals surface area (Å²) < 4.78 is 57.7. The van der Waals surface area contributed by atoms with Crippen LogP contribution in [-0.4, -0.2) is 206 Å². The summed E-state index contributed by atoms with van der Waals surface area (Å²) in [6, 6.07) is 7.13. The number of rotatable bonds is 32. The molecule has 8 heterocycles. The van der Waals surface area contributed by atoms with Crippen molar-refractivity contribution in [2.75, 3.05) is 81.4 Å². The van der Waals surface area contributed by atoms with Crippen molar-refractivity contribution >= 4 is 261 Å². The van der Waals surface area contributed by atoms with Gasteiger partial charge in [-0.1, -0.05) is 120 Å². The molecule has 0 aliphatic carbocycles. The minimum Gasteiger partial charge on any atom is -0.543 e. The smallest absolute Gasteiger partial charge is 0.430 e. The summed E-state index contributed by atoms with van der Waals surface area (Å²) in [5.41, 5.74) is 18.7. The van der Waals surface area contributed by atoms with Gasteiger partial charge >= 0.3 is 30.2 Å². The quantitative estimate of drug-likeness (QED) is 0.00172. The summed E-state index contributed by atoms with van der Waals surface area (Å²) in [7, 11) is 1.57. The highest BCUT2D eigenvalue weighted by molar-refractivity contribution is 14.3. The van der Waals surface area contributed by atoms with Crippen molar-refractivity contribution in [3.63, 3.8) is 0 Å². The third-order valence-electron chi connectivity index (χ3n) is 16.0. The predicted octanol–water partition coefficient (Wildman–Crippen LogP) is 8.13. The maximum absolute atomic E-state index is 13.8. The number of Topliss-reactive ketones (excluding diaryl/α,β-unsaturated/α-hetero) is 2. The number of carbonyl (C=O) groups excluding carboxylic acids is 9. The molecule has 4 aliphatic rings. The zero-order valence-corrected chi connectivity index (χ0v) is 82.4. The lowest BCUT2D eigenvalue weighted by molar-refractivity contribution is -0.689. The van der Waals surface area contributed by atoms with E-state index in [9.17, 15) is 66.5 Å². The number of alkyl halides is 5. The Labute approximate surface area is 793 Å². The van der Waals surface area contributed by atoms with E-state index < -0.39 is 123 Å². The van der Waals surface area contributed by atoms with Crippen molar-refractivity contribution < 1.29 is 115 Å². The Balaban J connectivity index is 0.000000389. The van der Waals surface area contributed by atoms with Gasteiger partial charge in [0.25, 0.3) is 14.6 Å². The predicted molar refractivity (Wildman–Crippen MR) is 496 cm³/mol. The molecule has 2 saturated heterocycles. The number of nitrogens with one attached hydrogen (secondary N) is 3. The highest BCUT2D eigenvalue weighted by Crippen LogP contribution is 2.48. The van der Waals surface area contributed by atoms with E-state index in [1.54, 1.807) is 88.2 Å². The highest BCUT2D eigenvalue weighted by atomic mass is 127. The SMILES string of the molecule is CC(C)(C)OC(=O)NCCNc1cncnc1N.CC(C)(O/N=C(\C(=O)C[C@@H]1C(=O)N2C(C(=O)[O-])=C(/C=C/C[n+]3cnc(N)c(NCC[NH3+])c3)CSC12)c1nc(N)sc1Cl)C(=O)O.COc1ccc(COC(=O)C2=C(/C=C/CI)CSC3[C@H](CC(=O)/C(=N\OC(C)(C)C(=O)OC(C)(C)C)c4nc(C)sc4Cl)C(=O)N23)cc1.ICB(I)I.O=C([O-])C(F)(F)F.[CH3-]. The maximum Gasteiger partial charge on any atom is 0.430 e. The number of aliphatic carboxylic acids is 3. The first kappa shape index (κ1) is 109. The molecule has 678 valence electrons. The number of ether oxygens (including phenoxy) is 4. The minimum absolute atomic E-state index is 0. The van der Waals surface area contributed by atoms with E-state index in [1.165, 1.54) is 73.1 Å². The van der Waals surface area contributed by atoms with Crippen LogP contribution in [0.3, 0.4) is 0 Å². The molecule has 0 spiro atoms. The van der Waals surface area contributed by atoms with Crippen LogP contribution in [0.15, 0.2) is 106 Å². The number of hydrogen-bond acceptors (Lipinski definition) is 34. The van der Waals surface area contributed by atoms with Gasteiger partial charge in [-0.2, -0.15) is 13.2 Å². The number of nitrogens with two attached hydrogens (primary N) is 3. The number of quaternary nitrogens is 1. The van der Waals surface area contributed by atoms with Crippen molar-refractivity contribution in [1.29, 1.82) is 0 Å². The molecule has 50 heteroatoms. The van der Waals surface area contributed by atoms with E-state index in [0.717, 1.165) is 35.6 Å². The fourth-order valence-corrected chi connectivity index (χ4v) is 15.2.